The minimum absolute atomic E-state index is 0.115. The number of aromatic carboxylic acids is 1. The van der Waals surface area contributed by atoms with Crippen molar-refractivity contribution in [2.45, 2.75) is 12.2 Å². The van der Waals surface area contributed by atoms with Crippen LogP contribution in [-0.4, -0.2) is 66.9 Å². The smallest absolute Gasteiger partial charge is 0.405 e. The van der Waals surface area contributed by atoms with Gasteiger partial charge in [0, 0.05) is 19.6 Å². The highest BCUT2D eigenvalue weighted by molar-refractivity contribution is 5.93. The lowest BCUT2D eigenvalue weighted by Crippen LogP contribution is -2.55. The Morgan fingerprint density at radius 1 is 1.26 bits per heavy atom. The van der Waals surface area contributed by atoms with E-state index in [1.165, 1.54) is 4.90 Å². The van der Waals surface area contributed by atoms with Gasteiger partial charge in [0.25, 0.3) is 5.91 Å². The molecule has 1 aromatic heterocycles. The zero-order valence-corrected chi connectivity index (χ0v) is 11.9. The Hall–Kier alpha value is -2.07. The topological polar surface area (TPSA) is 92.0 Å². The third-order valence-corrected chi connectivity index (χ3v) is 3.36. The number of morpholine rings is 1. The second kappa shape index (κ2) is 7.01. The molecule has 1 atom stereocenters. The van der Waals surface area contributed by atoms with Crippen LogP contribution in [0.15, 0.2) is 16.5 Å². The fourth-order valence-electron chi connectivity index (χ4n) is 2.19. The molecule has 23 heavy (non-hydrogen) atoms. The summed E-state index contributed by atoms with van der Waals surface area (Å²) in [6.07, 6.45) is -4.51. The van der Waals surface area contributed by atoms with Gasteiger partial charge in [-0.2, -0.15) is 13.2 Å². The van der Waals surface area contributed by atoms with Crippen molar-refractivity contribution < 1.29 is 37.0 Å². The first-order chi connectivity index (χ1) is 10.8. The zero-order chi connectivity index (χ0) is 17.0. The van der Waals surface area contributed by atoms with Crippen LogP contribution in [0.5, 0.6) is 0 Å². The van der Waals surface area contributed by atoms with Gasteiger partial charge in [0.05, 0.1) is 13.2 Å². The van der Waals surface area contributed by atoms with Gasteiger partial charge in [0.15, 0.2) is 5.76 Å². The fourth-order valence-corrected chi connectivity index (χ4v) is 2.19. The Morgan fingerprint density at radius 3 is 2.39 bits per heavy atom. The summed E-state index contributed by atoms with van der Waals surface area (Å²) in [5.74, 6) is -3.09. The third-order valence-electron chi connectivity index (χ3n) is 3.36. The van der Waals surface area contributed by atoms with Crippen LogP contribution in [0.2, 0.25) is 0 Å². The van der Waals surface area contributed by atoms with E-state index in [4.69, 9.17) is 14.3 Å². The van der Waals surface area contributed by atoms with E-state index in [0.717, 1.165) is 12.1 Å². The number of amides is 1. The Morgan fingerprint density at radius 2 is 1.87 bits per heavy atom. The largest absolute Gasteiger partial charge is 0.475 e. The highest BCUT2D eigenvalue weighted by Crippen LogP contribution is 2.25. The third kappa shape index (κ3) is 4.45. The maximum absolute atomic E-state index is 13.1. The van der Waals surface area contributed by atoms with Gasteiger partial charge in [-0.1, -0.05) is 0 Å². The Kier molecular flexibility index (Phi) is 5.26. The molecule has 1 aliphatic heterocycles. The van der Waals surface area contributed by atoms with Crippen LogP contribution in [0, 0.1) is 0 Å². The maximum atomic E-state index is 13.1. The number of hydrogen-bond donors (Lipinski definition) is 2. The van der Waals surface area contributed by atoms with Crippen molar-refractivity contribution in [3.05, 3.63) is 23.7 Å². The van der Waals surface area contributed by atoms with Crippen molar-refractivity contribution in [1.82, 2.24) is 10.2 Å². The quantitative estimate of drug-likeness (QED) is 0.832. The van der Waals surface area contributed by atoms with Gasteiger partial charge in [0.2, 0.25) is 5.76 Å². The number of rotatable bonds is 5. The first-order valence-corrected chi connectivity index (χ1v) is 6.79. The van der Waals surface area contributed by atoms with Crippen LogP contribution in [0.25, 0.3) is 0 Å². The van der Waals surface area contributed by atoms with Crippen LogP contribution in [0.1, 0.15) is 21.1 Å². The summed E-state index contributed by atoms with van der Waals surface area (Å²) in [5, 5.41) is 10.8. The maximum Gasteiger partial charge on any atom is 0.405 e. The van der Waals surface area contributed by atoms with E-state index < -0.39 is 36.4 Å². The molecule has 2 heterocycles. The molecule has 0 aliphatic carbocycles. The minimum Gasteiger partial charge on any atom is -0.475 e. The number of carbonyl (C=O) groups excluding carboxylic acids is 1. The molecule has 0 aromatic carbocycles. The van der Waals surface area contributed by atoms with Gasteiger partial charge in [-0.15, -0.1) is 0 Å². The number of halogens is 3. The summed E-state index contributed by atoms with van der Waals surface area (Å²) >= 11 is 0. The van der Waals surface area contributed by atoms with Crippen molar-refractivity contribution in [1.29, 1.82) is 0 Å². The van der Waals surface area contributed by atoms with Crippen molar-refractivity contribution in [3.63, 3.8) is 0 Å². The number of furan rings is 1. The summed E-state index contributed by atoms with van der Waals surface area (Å²) in [4.78, 5) is 23.6. The molecule has 0 radical (unpaired) electrons. The predicted molar refractivity (Wildman–Crippen MR) is 70.2 cm³/mol. The molecular weight excluding hydrogens is 321 g/mol. The van der Waals surface area contributed by atoms with E-state index in [-0.39, 0.29) is 32.1 Å². The van der Waals surface area contributed by atoms with Crippen LogP contribution in [0.4, 0.5) is 13.2 Å². The summed E-state index contributed by atoms with van der Waals surface area (Å²) in [6, 6.07) is 0.306. The summed E-state index contributed by atoms with van der Waals surface area (Å²) < 4.78 is 49.2. The lowest BCUT2D eigenvalue weighted by atomic mass is 10.2. The molecule has 2 rings (SSSR count). The molecule has 0 bridgehead atoms. The fraction of sp³-hybridized carbons (Fsp3) is 0.538. The Bertz CT molecular complexity index is 566. The number of hydrogen-bond acceptors (Lipinski definition) is 5. The standard InChI is InChI=1S/C13H15F3N2O5/c14-13(15,16)10(18-3-5-22-6-4-18)7-17-11(19)8-1-2-9(23-8)12(20)21/h1-2,10H,3-7H2,(H,17,19)(H,20,21). The number of nitrogens with one attached hydrogen (secondary N) is 1. The number of alkyl halides is 3. The SMILES string of the molecule is O=C(O)c1ccc(C(=O)NCC(N2CCOCC2)C(F)(F)F)o1. The molecule has 1 amide bonds. The summed E-state index contributed by atoms with van der Waals surface area (Å²) in [6.45, 7) is -0.0409. The first-order valence-electron chi connectivity index (χ1n) is 6.79. The highest BCUT2D eigenvalue weighted by atomic mass is 19.4. The lowest BCUT2D eigenvalue weighted by Gasteiger charge is -2.35. The van der Waals surface area contributed by atoms with E-state index in [0.29, 0.717) is 0 Å². The number of carboxylic acids is 1. The van der Waals surface area contributed by atoms with Gasteiger partial charge in [-0.25, -0.2) is 4.79 Å². The number of nitrogens with zero attached hydrogens (tertiary/aromatic N) is 1. The second-order valence-electron chi connectivity index (χ2n) is 4.88. The monoisotopic (exact) mass is 336 g/mol. The Labute approximate surface area is 129 Å². The molecule has 1 saturated heterocycles. The molecule has 1 unspecified atom stereocenters. The van der Waals surface area contributed by atoms with Gasteiger partial charge < -0.3 is 19.6 Å². The first kappa shape index (κ1) is 17.3. The normalized spacial score (nSPS) is 17.7. The van der Waals surface area contributed by atoms with E-state index in [9.17, 15) is 22.8 Å². The van der Waals surface area contributed by atoms with Gasteiger partial charge in [-0.05, 0) is 12.1 Å². The van der Waals surface area contributed by atoms with Crippen molar-refractivity contribution in [3.8, 4) is 0 Å². The van der Waals surface area contributed by atoms with Gasteiger partial charge >= 0.3 is 12.1 Å². The minimum atomic E-state index is -4.51. The van der Waals surface area contributed by atoms with Crippen LogP contribution in [0.3, 0.4) is 0 Å². The number of carboxylic acid groups (broad SMARTS) is 1. The van der Waals surface area contributed by atoms with Crippen LogP contribution < -0.4 is 5.32 Å². The molecule has 1 aromatic rings. The van der Waals surface area contributed by atoms with Crippen LogP contribution >= 0.6 is 0 Å². The average Bonchev–Trinajstić information content (AvgIpc) is 2.97. The average molecular weight is 336 g/mol. The summed E-state index contributed by atoms with van der Waals surface area (Å²) in [5.41, 5.74) is 0. The van der Waals surface area contributed by atoms with Crippen LogP contribution in [-0.2, 0) is 4.74 Å². The van der Waals surface area contributed by atoms with E-state index in [1.807, 2.05) is 0 Å². The molecule has 0 spiro atoms. The van der Waals surface area contributed by atoms with Crippen molar-refractivity contribution >= 4 is 11.9 Å². The van der Waals surface area contributed by atoms with Gasteiger partial charge in [0.1, 0.15) is 6.04 Å². The van der Waals surface area contributed by atoms with E-state index in [2.05, 4.69) is 5.32 Å². The van der Waals surface area contributed by atoms with Gasteiger partial charge in [-0.3, -0.25) is 9.69 Å². The molecule has 128 valence electrons. The van der Waals surface area contributed by atoms with Crippen molar-refractivity contribution in [2.24, 2.45) is 0 Å². The van der Waals surface area contributed by atoms with E-state index >= 15 is 0 Å². The number of ether oxygens (including phenoxy) is 1. The molecular formula is C13H15F3N2O5. The zero-order valence-electron chi connectivity index (χ0n) is 11.9. The molecule has 10 heteroatoms. The highest BCUT2D eigenvalue weighted by Gasteiger charge is 2.44. The molecule has 1 fully saturated rings. The summed E-state index contributed by atoms with van der Waals surface area (Å²) in [7, 11) is 0. The van der Waals surface area contributed by atoms with Crippen molar-refractivity contribution in [2.75, 3.05) is 32.8 Å². The molecule has 7 nitrogen and oxygen atoms in total. The second-order valence-corrected chi connectivity index (χ2v) is 4.88. The van der Waals surface area contributed by atoms with E-state index in [1.54, 1.807) is 0 Å². The molecule has 2 N–H and O–H groups in total. The lowest BCUT2D eigenvalue weighted by molar-refractivity contribution is -0.189. The molecule has 0 saturated carbocycles. The number of carbonyl (C=O) groups is 2. The Balaban J connectivity index is 1.99. The predicted octanol–water partition coefficient (Wildman–Crippen LogP) is 0.971. The molecule has 1 aliphatic rings.